The Labute approximate surface area is 228 Å². The van der Waals surface area contributed by atoms with Crippen LogP contribution in [-0.4, -0.2) is 100 Å². The first-order valence-electron chi connectivity index (χ1n) is 11.7. The molecule has 0 unspecified atom stereocenters. The second-order valence-corrected chi connectivity index (χ2v) is 12.1. The first-order chi connectivity index (χ1) is 17.7. The first-order valence-corrected chi connectivity index (χ1v) is 14.0. The van der Waals surface area contributed by atoms with Crippen LogP contribution in [0.5, 0.6) is 0 Å². The molecule has 1 heterocycles. The Morgan fingerprint density at radius 2 is 1.79 bits per heavy atom. The highest BCUT2D eigenvalue weighted by Gasteiger charge is 2.38. The van der Waals surface area contributed by atoms with Crippen molar-refractivity contribution in [3.63, 3.8) is 0 Å². The van der Waals surface area contributed by atoms with Gasteiger partial charge in [0.05, 0.1) is 13.0 Å². The summed E-state index contributed by atoms with van der Waals surface area (Å²) in [5.41, 5.74) is 16.2. The maximum atomic E-state index is 12.9. The lowest BCUT2D eigenvalue weighted by atomic mass is 10.0. The van der Waals surface area contributed by atoms with Crippen molar-refractivity contribution in [2.75, 3.05) is 25.9 Å². The third-order valence-electron chi connectivity index (χ3n) is 5.49. The van der Waals surface area contributed by atoms with Gasteiger partial charge < -0.3 is 43.2 Å². The summed E-state index contributed by atoms with van der Waals surface area (Å²) in [4.78, 5) is 79.8. The fraction of sp³-hybridized carbons (Fsp3) is 0.667. The summed E-state index contributed by atoms with van der Waals surface area (Å²) in [6, 6.07) is -3.70. The number of aliphatic carboxylic acids is 1. The molecule has 1 aliphatic rings. The number of carboxylic acid groups (broad SMARTS) is 1. The van der Waals surface area contributed by atoms with Gasteiger partial charge in [0, 0.05) is 30.5 Å². The predicted octanol–water partition coefficient (Wildman–Crippen LogP) is -2.52. The van der Waals surface area contributed by atoms with E-state index in [1.807, 2.05) is 0 Å². The molecule has 0 aromatic rings. The molecule has 17 heteroatoms. The summed E-state index contributed by atoms with van der Waals surface area (Å²) in [6.45, 7) is 2.94. The third kappa shape index (κ3) is 11.0. The Morgan fingerprint density at radius 3 is 2.37 bits per heavy atom. The van der Waals surface area contributed by atoms with Crippen LogP contribution in [0.25, 0.3) is 0 Å². The monoisotopic (exact) mass is 576 g/mol. The number of nitrogens with zero attached hydrogens (tertiary/aromatic N) is 2. The van der Waals surface area contributed by atoms with Crippen LogP contribution in [0.1, 0.15) is 39.5 Å². The Morgan fingerprint density at radius 1 is 1.13 bits per heavy atom. The number of carbonyl (C=O) groups is 6. The smallest absolute Gasteiger partial charge is 0.305 e. The standard InChI is InChI=1S/C21H36N8O7S2/c1-21(2)16(17(22)34)28-18(35)11(9-15(32)33)27-13(30)10-26-19(36)12(5-4-7-25-20(23)24)29(3)14(31)6-8-37-38-21/h11-12,16H,4-10H2,1-3H3,(H2,22,34)(H,26,36)(H,27,30)(H,28,35)(H,32,33)(H4,23,24,25)/t11-,12-,16+/m0/s1. The van der Waals surface area contributed by atoms with Crippen molar-refractivity contribution in [2.45, 2.75) is 62.4 Å². The zero-order valence-electron chi connectivity index (χ0n) is 21.5. The lowest BCUT2D eigenvalue weighted by molar-refractivity contribution is -0.141. The quantitative estimate of drug-likeness (QED) is 0.0720. The van der Waals surface area contributed by atoms with Crippen LogP contribution >= 0.6 is 21.6 Å². The first kappa shape index (κ1) is 32.8. The Bertz CT molecular complexity index is 943. The second kappa shape index (κ2) is 15.3. The largest absolute Gasteiger partial charge is 0.481 e. The SMILES string of the molecule is CN1C(=O)CCSSC(C)(C)[C@@H](C(N)=O)NC(=O)[C@H](CC(=O)O)NC(=O)CNC(=O)[C@@H]1CCCN=C(N)N. The van der Waals surface area contributed by atoms with E-state index < -0.39 is 65.4 Å². The molecule has 10 N–H and O–H groups in total. The van der Waals surface area contributed by atoms with Crippen LogP contribution in [-0.2, 0) is 28.8 Å². The number of hydrogen-bond donors (Lipinski definition) is 7. The van der Waals surface area contributed by atoms with E-state index in [-0.39, 0.29) is 31.3 Å². The Kier molecular flexibility index (Phi) is 13.2. The van der Waals surface area contributed by atoms with E-state index in [9.17, 15) is 33.9 Å². The topological polar surface area (TPSA) is 252 Å². The number of guanidine groups is 1. The van der Waals surface area contributed by atoms with Gasteiger partial charge in [0.15, 0.2) is 5.96 Å². The molecule has 0 aromatic carbocycles. The number of carboxylic acids is 1. The molecule has 1 rings (SSSR count). The van der Waals surface area contributed by atoms with Crippen molar-refractivity contribution in [1.29, 1.82) is 0 Å². The summed E-state index contributed by atoms with van der Waals surface area (Å²) in [7, 11) is 3.94. The number of aliphatic imine (C=N–C) groups is 1. The van der Waals surface area contributed by atoms with E-state index >= 15 is 0 Å². The number of rotatable bonds is 7. The molecule has 1 saturated heterocycles. The summed E-state index contributed by atoms with van der Waals surface area (Å²) in [5.74, 6) is -4.75. The molecule has 15 nitrogen and oxygen atoms in total. The number of amides is 5. The molecule has 1 fully saturated rings. The Balaban J connectivity index is 3.23. The average molecular weight is 577 g/mol. The van der Waals surface area contributed by atoms with Crippen molar-refractivity contribution in [1.82, 2.24) is 20.9 Å². The van der Waals surface area contributed by atoms with Gasteiger partial charge in [-0.15, -0.1) is 0 Å². The van der Waals surface area contributed by atoms with E-state index in [0.717, 1.165) is 0 Å². The van der Waals surface area contributed by atoms with Gasteiger partial charge in [-0.1, -0.05) is 21.6 Å². The fourth-order valence-electron chi connectivity index (χ4n) is 3.46. The molecule has 0 bridgehead atoms. The van der Waals surface area contributed by atoms with Gasteiger partial charge >= 0.3 is 5.97 Å². The molecule has 38 heavy (non-hydrogen) atoms. The predicted molar refractivity (Wildman–Crippen MR) is 144 cm³/mol. The zero-order valence-corrected chi connectivity index (χ0v) is 23.2. The minimum absolute atomic E-state index is 0.0662. The van der Waals surface area contributed by atoms with Gasteiger partial charge in [-0.05, 0) is 26.7 Å². The normalized spacial score (nSPS) is 23.9. The highest BCUT2D eigenvalue weighted by Crippen LogP contribution is 2.38. The molecule has 5 amide bonds. The van der Waals surface area contributed by atoms with E-state index in [1.54, 1.807) is 13.8 Å². The zero-order chi connectivity index (χ0) is 29.0. The number of primary amides is 1. The molecule has 1 aliphatic heterocycles. The number of hydrogen-bond acceptors (Lipinski definition) is 9. The van der Waals surface area contributed by atoms with E-state index in [1.165, 1.54) is 33.5 Å². The van der Waals surface area contributed by atoms with Gasteiger partial charge in [0.1, 0.15) is 18.1 Å². The maximum Gasteiger partial charge on any atom is 0.305 e. The van der Waals surface area contributed by atoms with E-state index in [4.69, 9.17) is 17.2 Å². The summed E-state index contributed by atoms with van der Waals surface area (Å²) in [5, 5.41) is 16.3. The summed E-state index contributed by atoms with van der Waals surface area (Å²) >= 11 is 0. The van der Waals surface area contributed by atoms with Crippen LogP contribution in [0.2, 0.25) is 0 Å². The molecule has 0 saturated carbocycles. The molecule has 214 valence electrons. The van der Waals surface area contributed by atoms with Crippen molar-refractivity contribution in [3.05, 3.63) is 0 Å². The van der Waals surface area contributed by atoms with Crippen molar-refractivity contribution in [2.24, 2.45) is 22.2 Å². The number of likely N-dealkylation sites (N-methyl/N-ethyl adjacent to an activating group) is 1. The van der Waals surface area contributed by atoms with Gasteiger partial charge in [-0.2, -0.15) is 0 Å². The van der Waals surface area contributed by atoms with Crippen LogP contribution < -0.4 is 33.2 Å². The van der Waals surface area contributed by atoms with Crippen LogP contribution in [0.4, 0.5) is 0 Å². The molecule has 0 spiro atoms. The molecular formula is C21H36N8O7S2. The van der Waals surface area contributed by atoms with Crippen LogP contribution in [0.3, 0.4) is 0 Å². The molecule has 0 aromatic heterocycles. The van der Waals surface area contributed by atoms with E-state index in [2.05, 4.69) is 20.9 Å². The van der Waals surface area contributed by atoms with Gasteiger partial charge in [-0.25, -0.2) is 0 Å². The minimum atomic E-state index is -1.54. The Hall–Kier alpha value is -3.21. The number of nitrogens with one attached hydrogen (secondary N) is 3. The highest BCUT2D eigenvalue weighted by molar-refractivity contribution is 8.77. The molecule has 3 atom stereocenters. The lowest BCUT2D eigenvalue weighted by Crippen LogP contribution is -2.59. The lowest BCUT2D eigenvalue weighted by Gasteiger charge is -2.32. The van der Waals surface area contributed by atoms with Crippen molar-refractivity contribution >= 4 is 63.1 Å². The summed E-state index contributed by atoms with van der Waals surface area (Å²) < 4.78 is -0.960. The van der Waals surface area contributed by atoms with Crippen LogP contribution in [0, 0.1) is 0 Å². The fourth-order valence-corrected chi connectivity index (χ4v) is 6.08. The summed E-state index contributed by atoms with van der Waals surface area (Å²) in [6.07, 6.45) is -0.139. The van der Waals surface area contributed by atoms with Crippen molar-refractivity contribution in [3.8, 4) is 0 Å². The second-order valence-electron chi connectivity index (χ2n) is 9.01. The van der Waals surface area contributed by atoms with Gasteiger partial charge in [0.25, 0.3) is 0 Å². The van der Waals surface area contributed by atoms with Gasteiger partial charge in [-0.3, -0.25) is 33.8 Å². The maximum absolute atomic E-state index is 12.9. The molecule has 0 aliphatic carbocycles. The minimum Gasteiger partial charge on any atom is -0.481 e. The molecule has 0 radical (unpaired) electrons. The molecular weight excluding hydrogens is 540 g/mol. The van der Waals surface area contributed by atoms with Gasteiger partial charge in [0.2, 0.25) is 29.5 Å². The average Bonchev–Trinajstić information content (AvgIpc) is 2.81. The van der Waals surface area contributed by atoms with E-state index in [0.29, 0.717) is 12.2 Å². The van der Waals surface area contributed by atoms with Crippen molar-refractivity contribution < 1.29 is 33.9 Å². The third-order valence-corrected chi connectivity index (χ3v) is 8.78. The number of nitrogens with two attached hydrogens (primary N) is 3. The van der Waals surface area contributed by atoms with Crippen LogP contribution in [0.15, 0.2) is 4.99 Å². The highest BCUT2D eigenvalue weighted by atomic mass is 33.1. The number of carbonyl (C=O) groups excluding carboxylic acids is 5.